The van der Waals surface area contributed by atoms with Crippen LogP contribution in [0.15, 0.2) is 36.4 Å². The largest absolute Gasteiger partial charge is 0.507 e. The Morgan fingerprint density at radius 1 is 1.22 bits per heavy atom. The zero-order chi connectivity index (χ0) is 17.0. The monoisotopic (exact) mass is 335 g/mol. The summed E-state index contributed by atoms with van der Waals surface area (Å²) >= 11 is 6.03. The minimum absolute atomic E-state index is 0.246. The molecule has 3 N–H and O–H groups in total. The van der Waals surface area contributed by atoms with E-state index < -0.39 is 11.9 Å². The van der Waals surface area contributed by atoms with Gasteiger partial charge in [0, 0.05) is 11.3 Å². The highest BCUT2D eigenvalue weighted by molar-refractivity contribution is 6.32. The maximum atomic E-state index is 12.2. The number of rotatable bonds is 5. The molecule has 0 aliphatic heterocycles. The second-order valence-electron chi connectivity index (χ2n) is 4.57. The third-order valence-corrected chi connectivity index (χ3v) is 3.27. The van der Waals surface area contributed by atoms with Crippen LogP contribution < -0.4 is 10.1 Å². The van der Waals surface area contributed by atoms with Gasteiger partial charge in [-0.1, -0.05) is 11.6 Å². The zero-order valence-electron chi connectivity index (χ0n) is 12.2. The number of nitrogens with one attached hydrogen (secondary N) is 1. The molecule has 0 aliphatic carbocycles. The standard InChI is InChI=1S/C16H14ClNO5/c1-2-23-14-6-3-9(7-12(14)17)15(20)18-10-4-5-13(19)11(8-10)16(21)22/h3-8,19H,2H2,1H3,(H,18,20)(H,21,22). The molecule has 0 aromatic heterocycles. The van der Waals surface area contributed by atoms with Gasteiger partial charge in [-0.15, -0.1) is 0 Å². The second-order valence-corrected chi connectivity index (χ2v) is 4.98. The van der Waals surface area contributed by atoms with Crippen molar-refractivity contribution in [2.75, 3.05) is 11.9 Å². The van der Waals surface area contributed by atoms with Crippen LogP contribution in [0.1, 0.15) is 27.6 Å². The molecule has 0 fully saturated rings. The molecule has 6 nitrogen and oxygen atoms in total. The van der Waals surface area contributed by atoms with E-state index in [2.05, 4.69) is 5.32 Å². The number of hydrogen-bond donors (Lipinski definition) is 3. The summed E-state index contributed by atoms with van der Waals surface area (Å²) in [5, 5.41) is 21.3. The minimum Gasteiger partial charge on any atom is -0.507 e. The molecule has 1 amide bonds. The molecule has 7 heteroatoms. The molecule has 2 aromatic carbocycles. The fraction of sp³-hybridized carbons (Fsp3) is 0.125. The van der Waals surface area contributed by atoms with Crippen LogP contribution in [0.5, 0.6) is 11.5 Å². The molecule has 0 aliphatic rings. The maximum absolute atomic E-state index is 12.2. The van der Waals surface area contributed by atoms with Gasteiger partial charge in [0.1, 0.15) is 17.1 Å². The van der Waals surface area contributed by atoms with E-state index in [1.54, 1.807) is 12.1 Å². The minimum atomic E-state index is -1.29. The van der Waals surface area contributed by atoms with Gasteiger partial charge in [-0.2, -0.15) is 0 Å². The normalized spacial score (nSPS) is 10.2. The molecule has 2 aromatic rings. The molecule has 0 saturated carbocycles. The Hall–Kier alpha value is -2.73. The van der Waals surface area contributed by atoms with Gasteiger partial charge in [-0.3, -0.25) is 4.79 Å². The fourth-order valence-corrected chi connectivity index (χ4v) is 2.14. The summed E-state index contributed by atoms with van der Waals surface area (Å²) in [4.78, 5) is 23.2. The fourth-order valence-electron chi connectivity index (χ4n) is 1.90. The van der Waals surface area contributed by atoms with Crippen molar-refractivity contribution in [3.8, 4) is 11.5 Å². The van der Waals surface area contributed by atoms with Gasteiger partial charge in [0.15, 0.2) is 0 Å². The zero-order valence-corrected chi connectivity index (χ0v) is 12.9. The summed E-state index contributed by atoms with van der Waals surface area (Å²) in [5.74, 6) is -1.65. The number of aromatic hydroxyl groups is 1. The molecular weight excluding hydrogens is 322 g/mol. The van der Waals surface area contributed by atoms with E-state index in [0.717, 1.165) is 0 Å². The number of halogens is 1. The van der Waals surface area contributed by atoms with Crippen molar-refractivity contribution in [3.05, 3.63) is 52.5 Å². The summed E-state index contributed by atoms with van der Waals surface area (Å²) in [5.41, 5.74) is 0.242. The lowest BCUT2D eigenvalue weighted by Crippen LogP contribution is -2.12. The molecule has 0 saturated heterocycles. The predicted octanol–water partition coefficient (Wildman–Crippen LogP) is 3.39. The molecule has 0 heterocycles. The number of hydrogen-bond acceptors (Lipinski definition) is 4. The quantitative estimate of drug-likeness (QED) is 0.728. The van der Waals surface area contributed by atoms with Gasteiger partial charge < -0.3 is 20.3 Å². The topological polar surface area (TPSA) is 95.9 Å². The lowest BCUT2D eigenvalue weighted by atomic mass is 10.1. The van der Waals surface area contributed by atoms with Crippen molar-refractivity contribution < 1.29 is 24.5 Å². The molecule has 0 spiro atoms. The van der Waals surface area contributed by atoms with E-state index in [0.29, 0.717) is 22.9 Å². The molecule has 0 bridgehead atoms. The summed E-state index contributed by atoms with van der Waals surface area (Å²) in [7, 11) is 0. The first kappa shape index (κ1) is 16.6. The van der Waals surface area contributed by atoms with Crippen LogP contribution in [0.25, 0.3) is 0 Å². The van der Waals surface area contributed by atoms with E-state index in [-0.39, 0.29) is 17.0 Å². The molecule has 23 heavy (non-hydrogen) atoms. The van der Waals surface area contributed by atoms with Crippen molar-refractivity contribution >= 4 is 29.2 Å². The number of carboxylic acid groups (broad SMARTS) is 1. The van der Waals surface area contributed by atoms with Crippen LogP contribution in [0.4, 0.5) is 5.69 Å². The van der Waals surface area contributed by atoms with Crippen LogP contribution in [0, 0.1) is 0 Å². The number of benzene rings is 2. The van der Waals surface area contributed by atoms with Gasteiger partial charge in [-0.05, 0) is 43.3 Å². The van der Waals surface area contributed by atoms with E-state index in [9.17, 15) is 14.7 Å². The number of carboxylic acids is 1. The molecule has 0 radical (unpaired) electrons. The smallest absolute Gasteiger partial charge is 0.339 e. The number of ether oxygens (including phenoxy) is 1. The van der Waals surface area contributed by atoms with E-state index in [1.165, 1.54) is 24.3 Å². The first-order chi connectivity index (χ1) is 10.9. The Labute approximate surface area is 137 Å². The Morgan fingerprint density at radius 3 is 2.57 bits per heavy atom. The Bertz CT molecular complexity index is 760. The van der Waals surface area contributed by atoms with Gasteiger partial charge in [0.25, 0.3) is 5.91 Å². The first-order valence-electron chi connectivity index (χ1n) is 6.72. The van der Waals surface area contributed by atoms with E-state index in [1.807, 2.05) is 6.92 Å². The van der Waals surface area contributed by atoms with Gasteiger partial charge in [-0.25, -0.2) is 4.79 Å². The van der Waals surface area contributed by atoms with Gasteiger partial charge in [0.05, 0.1) is 11.6 Å². The Kier molecular flexibility index (Phi) is 5.08. The summed E-state index contributed by atoms with van der Waals surface area (Å²) < 4.78 is 5.29. The van der Waals surface area contributed by atoms with Crippen LogP contribution >= 0.6 is 11.6 Å². The van der Waals surface area contributed by atoms with Crippen LogP contribution in [0.3, 0.4) is 0 Å². The molecular formula is C16H14ClNO5. The summed E-state index contributed by atoms with van der Waals surface area (Å²) in [6, 6.07) is 8.36. The lowest BCUT2D eigenvalue weighted by molar-refractivity contribution is 0.0693. The van der Waals surface area contributed by atoms with E-state index >= 15 is 0 Å². The van der Waals surface area contributed by atoms with Crippen molar-refractivity contribution in [2.45, 2.75) is 6.92 Å². The third kappa shape index (κ3) is 3.92. The molecule has 0 unspecified atom stereocenters. The SMILES string of the molecule is CCOc1ccc(C(=O)Nc2ccc(O)c(C(=O)O)c2)cc1Cl. The summed E-state index contributed by atoms with van der Waals surface area (Å²) in [6.45, 7) is 2.28. The van der Waals surface area contributed by atoms with Gasteiger partial charge >= 0.3 is 5.97 Å². The number of amides is 1. The van der Waals surface area contributed by atoms with Crippen LogP contribution in [0.2, 0.25) is 5.02 Å². The highest BCUT2D eigenvalue weighted by atomic mass is 35.5. The number of aromatic carboxylic acids is 1. The number of anilines is 1. The van der Waals surface area contributed by atoms with Crippen LogP contribution in [-0.2, 0) is 0 Å². The molecule has 0 atom stereocenters. The average molecular weight is 336 g/mol. The Morgan fingerprint density at radius 2 is 1.96 bits per heavy atom. The van der Waals surface area contributed by atoms with Gasteiger partial charge in [0.2, 0.25) is 0 Å². The molecule has 120 valence electrons. The highest BCUT2D eigenvalue weighted by Gasteiger charge is 2.13. The van der Waals surface area contributed by atoms with Crippen molar-refractivity contribution in [2.24, 2.45) is 0 Å². The second kappa shape index (κ2) is 7.02. The highest BCUT2D eigenvalue weighted by Crippen LogP contribution is 2.26. The van der Waals surface area contributed by atoms with Crippen molar-refractivity contribution in [1.29, 1.82) is 0 Å². The van der Waals surface area contributed by atoms with Crippen molar-refractivity contribution in [3.63, 3.8) is 0 Å². The number of phenols is 1. The maximum Gasteiger partial charge on any atom is 0.339 e. The van der Waals surface area contributed by atoms with Crippen LogP contribution in [-0.4, -0.2) is 28.7 Å². The lowest BCUT2D eigenvalue weighted by Gasteiger charge is -2.09. The first-order valence-corrected chi connectivity index (χ1v) is 7.10. The third-order valence-electron chi connectivity index (χ3n) is 2.98. The predicted molar refractivity (Wildman–Crippen MR) is 85.6 cm³/mol. The number of carbonyl (C=O) groups excluding carboxylic acids is 1. The number of carbonyl (C=O) groups is 2. The summed E-state index contributed by atoms with van der Waals surface area (Å²) in [6.07, 6.45) is 0. The molecule has 2 rings (SSSR count). The average Bonchev–Trinajstić information content (AvgIpc) is 2.51. The van der Waals surface area contributed by atoms with Crippen molar-refractivity contribution in [1.82, 2.24) is 0 Å². The van der Waals surface area contributed by atoms with E-state index in [4.69, 9.17) is 21.4 Å². The Balaban J connectivity index is 2.21.